The van der Waals surface area contributed by atoms with Gasteiger partial charge in [-0.1, -0.05) is 42.0 Å². The highest BCUT2D eigenvalue weighted by Gasteiger charge is 2.28. The van der Waals surface area contributed by atoms with Gasteiger partial charge in [0, 0.05) is 23.5 Å². The Morgan fingerprint density at radius 3 is 2.34 bits per heavy atom. The van der Waals surface area contributed by atoms with E-state index in [0.717, 1.165) is 23.9 Å². The number of rotatable bonds is 3. The third-order valence-corrected chi connectivity index (χ3v) is 5.94. The molecule has 3 aromatic rings. The van der Waals surface area contributed by atoms with Gasteiger partial charge in [0.05, 0.1) is 13.3 Å². The maximum absolute atomic E-state index is 13.1. The fourth-order valence-corrected chi connectivity index (χ4v) is 3.85. The largest absolute Gasteiger partial charge is 0.298 e. The van der Waals surface area contributed by atoms with E-state index >= 15 is 0 Å². The second-order valence-corrected chi connectivity index (χ2v) is 8.10. The molecule has 0 N–H and O–H groups in total. The molecule has 0 unspecified atom stereocenters. The lowest BCUT2D eigenvalue weighted by Crippen LogP contribution is -2.47. The molecule has 0 amide bonds. The van der Waals surface area contributed by atoms with Crippen molar-refractivity contribution < 1.29 is 0 Å². The van der Waals surface area contributed by atoms with Crippen LogP contribution in [-0.2, 0) is 13.2 Å². The van der Waals surface area contributed by atoms with Gasteiger partial charge >= 0.3 is 0 Å². The minimum atomic E-state index is 0.0383. The lowest BCUT2D eigenvalue weighted by molar-refractivity contribution is 0.190. The molecule has 5 nitrogen and oxygen atoms in total. The van der Waals surface area contributed by atoms with E-state index in [-0.39, 0.29) is 5.56 Å². The van der Waals surface area contributed by atoms with Gasteiger partial charge in [0.15, 0.2) is 0 Å². The summed E-state index contributed by atoms with van der Waals surface area (Å²) in [4.78, 5) is 22.4. The van der Waals surface area contributed by atoms with Crippen LogP contribution in [0.5, 0.6) is 0 Å². The second-order valence-electron chi connectivity index (χ2n) is 8.10. The summed E-state index contributed by atoms with van der Waals surface area (Å²) < 4.78 is 1.81. The van der Waals surface area contributed by atoms with Crippen LogP contribution >= 0.6 is 0 Å². The molecule has 0 radical (unpaired) electrons. The van der Waals surface area contributed by atoms with E-state index in [2.05, 4.69) is 73.0 Å². The van der Waals surface area contributed by atoms with E-state index in [1.807, 2.05) is 18.4 Å². The normalized spacial score (nSPS) is 14.2. The lowest BCUT2D eigenvalue weighted by atomic mass is 10.1. The number of aryl methyl sites for hydroxylation is 3. The van der Waals surface area contributed by atoms with Crippen LogP contribution in [-0.4, -0.2) is 21.1 Å². The number of anilines is 2. The van der Waals surface area contributed by atoms with Crippen molar-refractivity contribution in [3.8, 4) is 0 Å². The lowest BCUT2D eigenvalue weighted by Gasteiger charge is -2.39. The molecular weight excluding hydrogens is 360 g/mol. The van der Waals surface area contributed by atoms with Crippen LogP contribution in [0.4, 0.5) is 11.6 Å². The third-order valence-electron chi connectivity index (χ3n) is 5.94. The Morgan fingerprint density at radius 1 is 0.897 bits per heavy atom. The average molecular weight is 389 g/mol. The molecule has 0 spiro atoms. The van der Waals surface area contributed by atoms with Gasteiger partial charge < -0.3 is 0 Å². The van der Waals surface area contributed by atoms with Gasteiger partial charge in [-0.2, -0.15) is 0 Å². The summed E-state index contributed by atoms with van der Waals surface area (Å²) in [7, 11) is 0. The molecule has 0 aliphatic carbocycles. The predicted octanol–water partition coefficient (Wildman–Crippen LogP) is 4.35. The van der Waals surface area contributed by atoms with Crippen molar-refractivity contribution in [2.75, 3.05) is 11.6 Å². The molecule has 2 heterocycles. The zero-order chi connectivity index (χ0) is 20.7. The topological polar surface area (TPSA) is 41.4 Å². The molecule has 0 bridgehead atoms. The van der Waals surface area contributed by atoms with Crippen molar-refractivity contribution in [2.24, 2.45) is 0 Å². The van der Waals surface area contributed by atoms with Crippen molar-refractivity contribution in [1.82, 2.24) is 14.5 Å². The van der Waals surface area contributed by atoms with Gasteiger partial charge in [-0.25, -0.2) is 4.98 Å². The van der Waals surface area contributed by atoms with Crippen LogP contribution in [0.3, 0.4) is 0 Å². The highest BCUT2D eigenvalue weighted by Crippen LogP contribution is 2.31. The Bertz CT molecular complexity index is 1110. The molecule has 150 valence electrons. The molecule has 1 aliphatic rings. The molecule has 29 heavy (non-hydrogen) atoms. The summed E-state index contributed by atoms with van der Waals surface area (Å²) in [6.45, 7) is 12.1. The number of fused-ring (bicyclic) bond motifs is 1. The summed E-state index contributed by atoms with van der Waals surface area (Å²) in [5.74, 6) is 0.729. The van der Waals surface area contributed by atoms with Gasteiger partial charge in [0.1, 0.15) is 0 Å². The first-order valence-electron chi connectivity index (χ1n) is 10.0. The Labute approximate surface area is 172 Å². The summed E-state index contributed by atoms with van der Waals surface area (Å²) in [6.07, 6.45) is 0. The van der Waals surface area contributed by atoms with E-state index in [1.54, 1.807) is 0 Å². The predicted molar refractivity (Wildman–Crippen MR) is 118 cm³/mol. The van der Waals surface area contributed by atoms with Crippen molar-refractivity contribution in [3.05, 3.63) is 86.3 Å². The minimum absolute atomic E-state index is 0.0383. The molecule has 0 saturated heterocycles. The van der Waals surface area contributed by atoms with Gasteiger partial charge in [0.25, 0.3) is 5.56 Å². The zero-order valence-electron chi connectivity index (χ0n) is 17.9. The van der Waals surface area contributed by atoms with Gasteiger partial charge in [-0.15, -0.1) is 0 Å². The summed E-state index contributed by atoms with van der Waals surface area (Å²) >= 11 is 0. The molecule has 2 aromatic carbocycles. The van der Waals surface area contributed by atoms with Gasteiger partial charge in [-0.05, 0) is 57.4 Å². The Kier molecular flexibility index (Phi) is 5.01. The van der Waals surface area contributed by atoms with Crippen molar-refractivity contribution in [2.45, 2.75) is 47.8 Å². The molecule has 0 atom stereocenters. The molecular formula is C24H28N4O. The Morgan fingerprint density at radius 2 is 1.62 bits per heavy atom. The number of aromatic nitrogens is 2. The van der Waals surface area contributed by atoms with Crippen LogP contribution in [0.1, 0.15) is 33.5 Å². The van der Waals surface area contributed by atoms with E-state index in [1.165, 1.54) is 22.3 Å². The molecule has 1 aliphatic heterocycles. The average Bonchev–Trinajstić information content (AvgIpc) is 2.70. The smallest absolute Gasteiger partial charge is 0.259 e. The van der Waals surface area contributed by atoms with E-state index in [0.29, 0.717) is 18.9 Å². The van der Waals surface area contributed by atoms with E-state index in [9.17, 15) is 4.79 Å². The van der Waals surface area contributed by atoms with Crippen molar-refractivity contribution in [1.29, 1.82) is 0 Å². The van der Waals surface area contributed by atoms with Crippen molar-refractivity contribution >= 4 is 11.6 Å². The fraction of sp³-hybridized carbons (Fsp3) is 0.333. The highest BCUT2D eigenvalue weighted by atomic mass is 16.1. The SMILES string of the molecule is Cc1ccc(CN2CN(c3cccc(C)c3C)c3nc(C)c(C)c(=O)n3C2)cc1. The van der Waals surface area contributed by atoms with Crippen LogP contribution in [0.2, 0.25) is 0 Å². The Hall–Kier alpha value is -2.92. The van der Waals surface area contributed by atoms with E-state index in [4.69, 9.17) is 4.98 Å². The monoisotopic (exact) mass is 388 g/mol. The summed E-state index contributed by atoms with van der Waals surface area (Å²) in [6, 6.07) is 14.9. The first-order valence-corrected chi connectivity index (χ1v) is 10.0. The molecule has 0 fully saturated rings. The molecule has 5 heteroatoms. The maximum Gasteiger partial charge on any atom is 0.259 e. The molecule has 0 saturated carbocycles. The minimum Gasteiger partial charge on any atom is -0.298 e. The first-order chi connectivity index (χ1) is 13.8. The second kappa shape index (κ2) is 7.48. The summed E-state index contributed by atoms with van der Waals surface area (Å²) in [5, 5.41) is 0. The van der Waals surface area contributed by atoms with E-state index < -0.39 is 0 Å². The van der Waals surface area contributed by atoms with Gasteiger partial charge in [0.2, 0.25) is 5.95 Å². The van der Waals surface area contributed by atoms with Crippen LogP contribution in [0.25, 0.3) is 0 Å². The maximum atomic E-state index is 13.1. The quantitative estimate of drug-likeness (QED) is 0.669. The van der Waals surface area contributed by atoms with Crippen LogP contribution in [0, 0.1) is 34.6 Å². The molecule has 1 aromatic heterocycles. The number of hydrogen-bond donors (Lipinski definition) is 0. The Balaban J connectivity index is 1.80. The zero-order valence-corrected chi connectivity index (χ0v) is 17.9. The number of nitrogens with zero attached hydrogens (tertiary/aromatic N) is 4. The molecule has 4 rings (SSSR count). The number of benzene rings is 2. The number of hydrogen-bond acceptors (Lipinski definition) is 4. The standard InChI is InChI=1S/C24H28N4O/c1-16-9-11-21(12-10-16)13-26-14-27(22-8-6-7-17(2)18(22)3)24-25-20(5)19(4)23(29)28(24)15-26/h6-12H,13-15H2,1-5H3. The van der Waals surface area contributed by atoms with Crippen molar-refractivity contribution in [3.63, 3.8) is 0 Å². The third kappa shape index (κ3) is 3.58. The van der Waals surface area contributed by atoms with Crippen LogP contribution < -0.4 is 10.5 Å². The van der Waals surface area contributed by atoms with Crippen LogP contribution in [0.15, 0.2) is 47.3 Å². The first kappa shape index (κ1) is 19.4. The summed E-state index contributed by atoms with van der Waals surface area (Å²) in [5.41, 5.74) is 7.58. The fourth-order valence-electron chi connectivity index (χ4n) is 3.85. The van der Waals surface area contributed by atoms with Gasteiger partial charge in [-0.3, -0.25) is 19.2 Å². The highest BCUT2D eigenvalue weighted by molar-refractivity contribution is 5.64.